The predicted molar refractivity (Wildman–Crippen MR) is 76.8 cm³/mol. The molecule has 0 amide bonds. The standard InChI is InChI=1S/C12H5Br3O/c13-6-1-2-7-10(5-6)16-12-9(15)4-3-8(14)11(7)12/h1-5H. The average molecular weight is 405 g/mol. The van der Waals surface area contributed by atoms with Gasteiger partial charge in [0.2, 0.25) is 0 Å². The van der Waals surface area contributed by atoms with E-state index in [1.54, 1.807) is 0 Å². The molecular weight excluding hydrogens is 400 g/mol. The Labute approximate surface area is 117 Å². The van der Waals surface area contributed by atoms with E-state index in [1.165, 1.54) is 0 Å². The molecule has 1 aromatic heterocycles. The van der Waals surface area contributed by atoms with Crippen LogP contribution in [0.15, 0.2) is 48.2 Å². The smallest absolute Gasteiger partial charge is 0.150 e. The van der Waals surface area contributed by atoms with E-state index in [0.29, 0.717) is 0 Å². The first-order valence-corrected chi connectivity index (χ1v) is 7.00. The molecule has 0 spiro atoms. The van der Waals surface area contributed by atoms with Crippen LogP contribution < -0.4 is 0 Å². The molecule has 4 heteroatoms. The Morgan fingerprint density at radius 3 is 2.44 bits per heavy atom. The molecule has 0 aliphatic rings. The number of hydrogen-bond donors (Lipinski definition) is 0. The number of fused-ring (bicyclic) bond motifs is 3. The molecule has 3 aromatic rings. The zero-order chi connectivity index (χ0) is 11.3. The molecule has 0 saturated heterocycles. The minimum Gasteiger partial charge on any atom is -0.455 e. The fourth-order valence-corrected chi connectivity index (χ4v) is 3.06. The lowest BCUT2D eigenvalue weighted by Crippen LogP contribution is -1.71. The van der Waals surface area contributed by atoms with Crippen LogP contribution >= 0.6 is 47.8 Å². The van der Waals surface area contributed by atoms with Crippen LogP contribution in [0, 0.1) is 0 Å². The second-order valence-electron chi connectivity index (χ2n) is 3.48. The van der Waals surface area contributed by atoms with Crippen LogP contribution in [0.3, 0.4) is 0 Å². The molecule has 0 fully saturated rings. The molecule has 80 valence electrons. The third-order valence-corrected chi connectivity index (χ3v) is 4.26. The Hall–Kier alpha value is -0.320. The molecule has 0 aliphatic heterocycles. The van der Waals surface area contributed by atoms with Gasteiger partial charge in [-0.05, 0) is 46.3 Å². The molecule has 0 saturated carbocycles. The summed E-state index contributed by atoms with van der Waals surface area (Å²) < 4.78 is 8.88. The fraction of sp³-hybridized carbons (Fsp3) is 0. The van der Waals surface area contributed by atoms with Crippen molar-refractivity contribution in [2.75, 3.05) is 0 Å². The maximum atomic E-state index is 5.84. The van der Waals surface area contributed by atoms with Gasteiger partial charge in [0.1, 0.15) is 5.58 Å². The highest BCUT2D eigenvalue weighted by atomic mass is 79.9. The van der Waals surface area contributed by atoms with Crippen LogP contribution in [-0.4, -0.2) is 0 Å². The summed E-state index contributed by atoms with van der Waals surface area (Å²) in [6, 6.07) is 10.1. The number of rotatable bonds is 0. The summed E-state index contributed by atoms with van der Waals surface area (Å²) in [6.45, 7) is 0. The number of furan rings is 1. The normalized spacial score (nSPS) is 11.4. The van der Waals surface area contributed by atoms with E-state index in [9.17, 15) is 0 Å². The molecule has 1 nitrogen and oxygen atoms in total. The molecule has 0 unspecified atom stereocenters. The van der Waals surface area contributed by atoms with Crippen LogP contribution in [0.2, 0.25) is 0 Å². The zero-order valence-electron chi connectivity index (χ0n) is 7.93. The molecule has 0 atom stereocenters. The van der Waals surface area contributed by atoms with Crippen LogP contribution in [-0.2, 0) is 0 Å². The van der Waals surface area contributed by atoms with Crippen LogP contribution in [0.25, 0.3) is 21.9 Å². The SMILES string of the molecule is Brc1ccc2c(c1)oc1c(Br)ccc(Br)c12. The van der Waals surface area contributed by atoms with Crippen molar-refractivity contribution in [3.8, 4) is 0 Å². The minimum atomic E-state index is 0.877. The molecule has 0 radical (unpaired) electrons. The van der Waals surface area contributed by atoms with Crippen molar-refractivity contribution in [2.45, 2.75) is 0 Å². The zero-order valence-corrected chi connectivity index (χ0v) is 12.7. The van der Waals surface area contributed by atoms with Crippen LogP contribution in [0.1, 0.15) is 0 Å². The molecule has 2 aromatic carbocycles. The maximum absolute atomic E-state index is 5.84. The Bertz CT molecular complexity index is 700. The van der Waals surface area contributed by atoms with Gasteiger partial charge in [-0.1, -0.05) is 31.9 Å². The minimum absolute atomic E-state index is 0.877. The Morgan fingerprint density at radius 1 is 0.875 bits per heavy atom. The highest BCUT2D eigenvalue weighted by Gasteiger charge is 2.12. The second-order valence-corrected chi connectivity index (χ2v) is 6.10. The lowest BCUT2D eigenvalue weighted by molar-refractivity contribution is 0.666. The predicted octanol–water partition coefficient (Wildman–Crippen LogP) is 5.87. The van der Waals surface area contributed by atoms with E-state index in [2.05, 4.69) is 53.9 Å². The van der Waals surface area contributed by atoms with Crippen molar-refractivity contribution in [3.63, 3.8) is 0 Å². The third kappa shape index (κ3) is 1.55. The van der Waals surface area contributed by atoms with E-state index < -0.39 is 0 Å². The van der Waals surface area contributed by atoms with Crippen molar-refractivity contribution in [1.29, 1.82) is 0 Å². The molecule has 1 heterocycles. The highest BCUT2D eigenvalue weighted by Crippen LogP contribution is 2.38. The summed E-state index contributed by atoms with van der Waals surface area (Å²) in [5.41, 5.74) is 1.76. The summed E-state index contributed by atoms with van der Waals surface area (Å²) in [4.78, 5) is 0. The van der Waals surface area contributed by atoms with E-state index >= 15 is 0 Å². The van der Waals surface area contributed by atoms with E-state index in [4.69, 9.17) is 4.42 Å². The van der Waals surface area contributed by atoms with Gasteiger partial charge in [-0.15, -0.1) is 0 Å². The van der Waals surface area contributed by atoms with Crippen molar-refractivity contribution < 1.29 is 4.42 Å². The lowest BCUT2D eigenvalue weighted by Gasteiger charge is -1.95. The summed E-state index contributed by atoms with van der Waals surface area (Å²) >= 11 is 10.5. The highest BCUT2D eigenvalue weighted by molar-refractivity contribution is 9.11. The fourth-order valence-electron chi connectivity index (χ4n) is 1.78. The first kappa shape index (κ1) is 10.8. The molecule has 0 aliphatic carbocycles. The number of halogens is 3. The summed E-state index contributed by atoms with van der Waals surface area (Å²) in [6.07, 6.45) is 0. The van der Waals surface area contributed by atoms with Gasteiger partial charge in [-0.3, -0.25) is 0 Å². The van der Waals surface area contributed by atoms with E-state index in [-0.39, 0.29) is 0 Å². The van der Waals surface area contributed by atoms with Gasteiger partial charge in [0.25, 0.3) is 0 Å². The van der Waals surface area contributed by atoms with E-state index in [1.807, 2.05) is 24.3 Å². The van der Waals surface area contributed by atoms with Gasteiger partial charge in [-0.2, -0.15) is 0 Å². The van der Waals surface area contributed by atoms with Gasteiger partial charge >= 0.3 is 0 Å². The van der Waals surface area contributed by atoms with Gasteiger partial charge in [-0.25, -0.2) is 0 Å². The quantitative estimate of drug-likeness (QED) is 0.456. The second kappa shape index (κ2) is 3.86. The van der Waals surface area contributed by atoms with Crippen molar-refractivity contribution in [3.05, 3.63) is 43.7 Å². The first-order valence-electron chi connectivity index (χ1n) is 4.62. The van der Waals surface area contributed by atoms with Crippen molar-refractivity contribution in [1.82, 2.24) is 0 Å². The number of benzene rings is 2. The Morgan fingerprint density at radius 2 is 1.62 bits per heavy atom. The summed E-state index contributed by atoms with van der Waals surface area (Å²) in [5.74, 6) is 0. The molecular formula is C12H5Br3O. The van der Waals surface area contributed by atoms with Gasteiger partial charge < -0.3 is 4.42 Å². The van der Waals surface area contributed by atoms with Gasteiger partial charge in [0.05, 0.1) is 4.47 Å². The monoisotopic (exact) mass is 402 g/mol. The maximum Gasteiger partial charge on any atom is 0.150 e. The molecule has 0 bridgehead atoms. The topological polar surface area (TPSA) is 13.1 Å². The van der Waals surface area contributed by atoms with Gasteiger partial charge in [0.15, 0.2) is 5.58 Å². The Balaban J connectivity index is 2.60. The van der Waals surface area contributed by atoms with Crippen LogP contribution in [0.5, 0.6) is 0 Å². The van der Waals surface area contributed by atoms with Crippen molar-refractivity contribution in [2.24, 2.45) is 0 Å². The van der Waals surface area contributed by atoms with E-state index in [0.717, 1.165) is 35.4 Å². The third-order valence-electron chi connectivity index (χ3n) is 2.48. The first-order chi connectivity index (χ1) is 7.66. The summed E-state index contributed by atoms with van der Waals surface area (Å²) in [5, 5.41) is 2.23. The molecule has 0 N–H and O–H groups in total. The Kier molecular flexibility index (Phi) is 2.61. The number of hydrogen-bond acceptors (Lipinski definition) is 1. The molecule has 16 heavy (non-hydrogen) atoms. The summed E-state index contributed by atoms with van der Waals surface area (Å²) in [7, 11) is 0. The average Bonchev–Trinajstić information content (AvgIpc) is 2.63. The van der Waals surface area contributed by atoms with Gasteiger partial charge in [0, 0.05) is 19.7 Å². The molecule has 3 rings (SSSR count). The van der Waals surface area contributed by atoms with Crippen LogP contribution in [0.4, 0.5) is 0 Å². The van der Waals surface area contributed by atoms with Crippen molar-refractivity contribution >= 4 is 69.7 Å². The largest absolute Gasteiger partial charge is 0.455 e. The lowest BCUT2D eigenvalue weighted by atomic mass is 10.1.